The molecule has 13 heteroatoms. The third-order valence-electron chi connectivity index (χ3n) is 6.89. The number of esters is 1. The van der Waals surface area contributed by atoms with Crippen LogP contribution in [0.15, 0.2) is 64.0 Å². The predicted molar refractivity (Wildman–Crippen MR) is 146 cm³/mol. The molecular formula is C28H25N3O9S. The Morgan fingerprint density at radius 1 is 1.10 bits per heavy atom. The molecule has 3 N–H and O–H groups in total. The minimum Gasteiger partial charge on any atom is -0.480 e. The molecular weight excluding hydrogens is 554 g/mol. The molecule has 0 saturated carbocycles. The number of benzene rings is 2. The van der Waals surface area contributed by atoms with Gasteiger partial charge in [-0.15, -0.1) is 11.8 Å². The summed E-state index contributed by atoms with van der Waals surface area (Å²) >= 11 is 1.27. The molecule has 1 unspecified atom stereocenters. The summed E-state index contributed by atoms with van der Waals surface area (Å²) < 4.78 is 9.69. The van der Waals surface area contributed by atoms with E-state index < -0.39 is 68.9 Å². The number of carboxylic acids is 1. The van der Waals surface area contributed by atoms with E-state index in [2.05, 4.69) is 10.6 Å². The molecule has 3 heterocycles. The molecule has 0 radical (unpaired) electrons. The molecule has 5 rings (SSSR count). The molecule has 2 saturated heterocycles. The maximum absolute atomic E-state index is 13.5. The van der Waals surface area contributed by atoms with E-state index in [-0.39, 0.29) is 16.7 Å². The number of carbonyl (C=O) groups excluding carboxylic acids is 4. The average molecular weight is 580 g/mol. The molecule has 2 aliphatic rings. The van der Waals surface area contributed by atoms with Crippen LogP contribution in [0.4, 0.5) is 0 Å². The summed E-state index contributed by atoms with van der Waals surface area (Å²) in [5, 5.41) is 14.3. The third-order valence-corrected chi connectivity index (χ3v) is 8.46. The zero-order chi connectivity index (χ0) is 29.6. The van der Waals surface area contributed by atoms with Crippen molar-refractivity contribution in [1.82, 2.24) is 15.5 Å². The maximum atomic E-state index is 13.5. The van der Waals surface area contributed by atoms with Crippen molar-refractivity contribution in [2.24, 2.45) is 0 Å². The SMILES string of the molecule is CC(=O)Oc1ccc2occ(C(=O)NC(C(=O)N[C@@H]3C(=O)N4[C@@H]3SC(C)(C)[C@@H]4C(=O)O)c3ccccc3)c(=O)c2c1. The summed E-state index contributed by atoms with van der Waals surface area (Å²) in [7, 11) is 0. The van der Waals surface area contributed by atoms with Crippen molar-refractivity contribution in [3.05, 3.63) is 76.1 Å². The number of aliphatic carboxylic acids is 1. The molecule has 2 aromatic carbocycles. The van der Waals surface area contributed by atoms with E-state index in [0.717, 1.165) is 6.26 Å². The number of amides is 3. The Bertz CT molecular complexity index is 1650. The number of hydrogen-bond donors (Lipinski definition) is 3. The van der Waals surface area contributed by atoms with Crippen molar-refractivity contribution in [3.63, 3.8) is 0 Å². The van der Waals surface area contributed by atoms with Gasteiger partial charge in [0.2, 0.25) is 17.2 Å². The number of nitrogens with one attached hydrogen (secondary N) is 2. The normalized spacial score (nSPS) is 21.4. The van der Waals surface area contributed by atoms with Crippen molar-refractivity contribution < 1.29 is 38.2 Å². The highest BCUT2D eigenvalue weighted by molar-refractivity contribution is 8.01. The Morgan fingerprint density at radius 2 is 1.80 bits per heavy atom. The summed E-state index contributed by atoms with van der Waals surface area (Å²) in [4.78, 5) is 77.3. The van der Waals surface area contributed by atoms with Gasteiger partial charge in [0.25, 0.3) is 5.91 Å². The number of ether oxygens (including phenoxy) is 1. The Labute approximate surface area is 237 Å². The van der Waals surface area contributed by atoms with Gasteiger partial charge < -0.3 is 29.8 Å². The van der Waals surface area contributed by atoms with E-state index in [1.165, 1.54) is 41.8 Å². The number of thioether (sulfide) groups is 1. The number of β-lactam (4-membered cyclic amide) rings is 1. The summed E-state index contributed by atoms with van der Waals surface area (Å²) in [6.45, 7) is 4.65. The highest BCUT2D eigenvalue weighted by Gasteiger charge is 2.64. The number of carboxylic acid groups (broad SMARTS) is 1. The van der Waals surface area contributed by atoms with Crippen LogP contribution in [-0.4, -0.2) is 61.9 Å². The topological polar surface area (TPSA) is 172 Å². The van der Waals surface area contributed by atoms with Crippen LogP contribution in [0.25, 0.3) is 11.0 Å². The van der Waals surface area contributed by atoms with E-state index >= 15 is 0 Å². The molecule has 3 aromatic rings. The molecule has 41 heavy (non-hydrogen) atoms. The van der Waals surface area contributed by atoms with Crippen LogP contribution in [0.3, 0.4) is 0 Å². The van der Waals surface area contributed by atoms with Crippen LogP contribution in [0.2, 0.25) is 0 Å². The summed E-state index contributed by atoms with van der Waals surface area (Å²) in [5.74, 6) is -3.80. The van der Waals surface area contributed by atoms with E-state index in [4.69, 9.17) is 9.15 Å². The van der Waals surface area contributed by atoms with Gasteiger partial charge in [0.05, 0.1) is 5.39 Å². The van der Waals surface area contributed by atoms with Crippen molar-refractivity contribution in [2.45, 2.75) is 49.0 Å². The van der Waals surface area contributed by atoms with Crippen LogP contribution in [0.1, 0.15) is 42.7 Å². The quantitative estimate of drug-likeness (QED) is 0.213. The molecule has 12 nitrogen and oxygen atoms in total. The third kappa shape index (κ3) is 5.04. The van der Waals surface area contributed by atoms with Gasteiger partial charge >= 0.3 is 11.9 Å². The summed E-state index contributed by atoms with van der Waals surface area (Å²) in [5.41, 5.74) is -0.565. The first kappa shape index (κ1) is 27.9. The second kappa shape index (κ2) is 10.4. The minimum atomic E-state index is -1.30. The van der Waals surface area contributed by atoms with Gasteiger partial charge in [-0.25, -0.2) is 4.79 Å². The molecule has 0 spiro atoms. The lowest BCUT2D eigenvalue weighted by Crippen LogP contribution is -2.71. The van der Waals surface area contributed by atoms with Crippen molar-refractivity contribution >= 4 is 52.4 Å². The second-order valence-electron chi connectivity index (χ2n) is 10.1. The molecule has 1 aromatic heterocycles. The first-order valence-electron chi connectivity index (χ1n) is 12.5. The number of hydrogen-bond acceptors (Lipinski definition) is 9. The molecule has 212 valence electrons. The van der Waals surface area contributed by atoms with Crippen molar-refractivity contribution in [3.8, 4) is 5.75 Å². The Kier molecular flexibility index (Phi) is 7.07. The standard InChI is InChI=1S/C28H25N3O9S/c1-13(32)40-15-9-10-18-16(11-15)21(33)17(12-39-18)23(34)29-19(14-7-5-4-6-8-14)24(35)30-20-25(36)31-22(27(37)38)28(2,3)41-26(20)31/h4-12,19-20,22,26H,1-3H3,(H,29,34)(H,30,35)(H,37,38)/t19?,20-,22+,26-/m1/s1. The van der Waals surface area contributed by atoms with Crippen molar-refractivity contribution in [1.29, 1.82) is 0 Å². The number of carbonyl (C=O) groups is 5. The maximum Gasteiger partial charge on any atom is 0.327 e. The zero-order valence-electron chi connectivity index (χ0n) is 22.1. The first-order valence-corrected chi connectivity index (χ1v) is 13.4. The number of nitrogens with zero attached hydrogens (tertiary/aromatic N) is 1. The monoisotopic (exact) mass is 579 g/mol. The van der Waals surface area contributed by atoms with Crippen LogP contribution in [-0.2, 0) is 19.2 Å². The molecule has 2 aliphatic heterocycles. The fourth-order valence-corrected chi connectivity index (χ4v) is 6.66. The molecule has 2 fully saturated rings. The average Bonchev–Trinajstić information content (AvgIpc) is 3.18. The number of fused-ring (bicyclic) bond motifs is 2. The summed E-state index contributed by atoms with van der Waals surface area (Å²) in [6, 6.07) is 9.03. The Morgan fingerprint density at radius 3 is 2.46 bits per heavy atom. The van der Waals surface area contributed by atoms with Crippen LogP contribution >= 0.6 is 11.8 Å². The summed E-state index contributed by atoms with van der Waals surface area (Å²) in [6.07, 6.45) is 0.974. The van der Waals surface area contributed by atoms with E-state index in [1.807, 2.05) is 0 Å². The van der Waals surface area contributed by atoms with E-state index in [9.17, 15) is 33.9 Å². The highest BCUT2D eigenvalue weighted by atomic mass is 32.2. The molecule has 0 aliphatic carbocycles. The second-order valence-corrected chi connectivity index (χ2v) is 11.9. The van der Waals surface area contributed by atoms with Crippen LogP contribution in [0, 0.1) is 0 Å². The van der Waals surface area contributed by atoms with Gasteiger partial charge in [-0.1, -0.05) is 30.3 Å². The Balaban J connectivity index is 1.40. The smallest absolute Gasteiger partial charge is 0.327 e. The van der Waals surface area contributed by atoms with Gasteiger partial charge in [-0.2, -0.15) is 0 Å². The van der Waals surface area contributed by atoms with Gasteiger partial charge in [0.1, 0.15) is 46.7 Å². The first-order chi connectivity index (χ1) is 19.4. The fraction of sp³-hybridized carbons (Fsp3) is 0.286. The van der Waals surface area contributed by atoms with Gasteiger partial charge in [0, 0.05) is 11.7 Å². The lowest BCUT2D eigenvalue weighted by molar-refractivity contribution is -0.161. The Hall–Kier alpha value is -4.65. The molecule has 4 atom stereocenters. The molecule has 3 amide bonds. The highest BCUT2D eigenvalue weighted by Crippen LogP contribution is 2.50. The predicted octanol–water partition coefficient (Wildman–Crippen LogP) is 1.82. The van der Waals surface area contributed by atoms with E-state index in [1.54, 1.807) is 44.2 Å². The minimum absolute atomic E-state index is 0.00822. The fourth-order valence-electron chi connectivity index (χ4n) is 5.03. The molecule has 0 bridgehead atoms. The number of rotatable bonds is 7. The lowest BCUT2D eigenvalue weighted by atomic mass is 9.95. The zero-order valence-corrected chi connectivity index (χ0v) is 22.9. The van der Waals surface area contributed by atoms with E-state index in [0.29, 0.717) is 5.56 Å². The van der Waals surface area contributed by atoms with Gasteiger partial charge in [-0.3, -0.25) is 24.0 Å². The van der Waals surface area contributed by atoms with Crippen LogP contribution in [0.5, 0.6) is 5.75 Å². The van der Waals surface area contributed by atoms with Crippen molar-refractivity contribution in [2.75, 3.05) is 0 Å². The van der Waals surface area contributed by atoms with Gasteiger partial charge in [-0.05, 0) is 37.6 Å². The lowest BCUT2D eigenvalue weighted by Gasteiger charge is -2.44. The largest absolute Gasteiger partial charge is 0.480 e. The van der Waals surface area contributed by atoms with Crippen LogP contribution < -0.4 is 20.8 Å². The van der Waals surface area contributed by atoms with Gasteiger partial charge in [0.15, 0.2) is 0 Å².